The molecule has 3 rings (SSSR count). The summed E-state index contributed by atoms with van der Waals surface area (Å²) < 4.78 is 5.85. The molecule has 4 heteroatoms. The summed E-state index contributed by atoms with van der Waals surface area (Å²) >= 11 is 0. The summed E-state index contributed by atoms with van der Waals surface area (Å²) in [6.45, 7) is 2.61. The molecule has 0 radical (unpaired) electrons. The van der Waals surface area contributed by atoms with E-state index in [1.807, 2.05) is 30.2 Å². The van der Waals surface area contributed by atoms with Crippen molar-refractivity contribution in [1.29, 1.82) is 0 Å². The zero-order valence-corrected chi connectivity index (χ0v) is 16.4. The highest BCUT2D eigenvalue weighted by Crippen LogP contribution is 2.23. The molecule has 1 unspecified atom stereocenters. The molecule has 0 saturated carbocycles. The number of benzene rings is 1. The molecule has 2 aromatic rings. The van der Waals surface area contributed by atoms with Gasteiger partial charge in [0.15, 0.2) is 0 Å². The SMILES string of the molecule is CCc1ccc(CCCCC/C=C/c2ccc(C3NC(=O)CN3C)o2)cc1. The van der Waals surface area contributed by atoms with E-state index >= 15 is 0 Å². The van der Waals surface area contributed by atoms with E-state index in [1.165, 1.54) is 30.4 Å². The Kier molecular flexibility index (Phi) is 6.88. The molecule has 1 aromatic heterocycles. The van der Waals surface area contributed by atoms with Crippen LogP contribution < -0.4 is 5.32 Å². The van der Waals surface area contributed by atoms with E-state index < -0.39 is 0 Å². The van der Waals surface area contributed by atoms with Crippen molar-refractivity contribution in [1.82, 2.24) is 10.2 Å². The highest BCUT2D eigenvalue weighted by Gasteiger charge is 2.29. The van der Waals surface area contributed by atoms with E-state index in [-0.39, 0.29) is 12.1 Å². The maximum Gasteiger partial charge on any atom is 0.235 e. The van der Waals surface area contributed by atoms with Gasteiger partial charge in [0.05, 0.1) is 6.54 Å². The number of carbonyl (C=O) groups is 1. The lowest BCUT2D eigenvalue weighted by Crippen LogP contribution is -2.23. The smallest absolute Gasteiger partial charge is 0.235 e. The molecule has 27 heavy (non-hydrogen) atoms. The van der Waals surface area contributed by atoms with Crippen molar-refractivity contribution in [3.8, 4) is 0 Å². The fraction of sp³-hybridized carbons (Fsp3) is 0.435. The zero-order valence-electron chi connectivity index (χ0n) is 16.4. The summed E-state index contributed by atoms with van der Waals surface area (Å²) in [5, 5.41) is 2.91. The Morgan fingerprint density at radius 3 is 2.59 bits per heavy atom. The molecule has 1 atom stereocenters. The van der Waals surface area contributed by atoms with Crippen LogP contribution in [-0.2, 0) is 17.6 Å². The van der Waals surface area contributed by atoms with Crippen LogP contribution in [0.25, 0.3) is 6.08 Å². The van der Waals surface area contributed by atoms with Crippen LogP contribution in [0.15, 0.2) is 46.9 Å². The second-order valence-corrected chi connectivity index (χ2v) is 7.30. The van der Waals surface area contributed by atoms with Crippen molar-refractivity contribution in [3.63, 3.8) is 0 Å². The maximum absolute atomic E-state index is 11.5. The van der Waals surface area contributed by atoms with Crippen LogP contribution >= 0.6 is 0 Å². The first-order valence-electron chi connectivity index (χ1n) is 9.99. The van der Waals surface area contributed by atoms with Crippen LogP contribution in [0.3, 0.4) is 0 Å². The van der Waals surface area contributed by atoms with E-state index in [9.17, 15) is 4.79 Å². The Balaban J connectivity index is 1.34. The number of furan rings is 1. The first kappa shape index (κ1) is 19.4. The molecule has 1 saturated heterocycles. The van der Waals surface area contributed by atoms with Gasteiger partial charge >= 0.3 is 0 Å². The highest BCUT2D eigenvalue weighted by atomic mass is 16.3. The van der Waals surface area contributed by atoms with E-state index in [2.05, 4.69) is 42.6 Å². The fourth-order valence-corrected chi connectivity index (χ4v) is 3.43. The lowest BCUT2D eigenvalue weighted by Gasteiger charge is -2.15. The molecule has 0 spiro atoms. The van der Waals surface area contributed by atoms with Gasteiger partial charge in [0.1, 0.15) is 17.7 Å². The number of hydrogen-bond acceptors (Lipinski definition) is 3. The molecule has 1 fully saturated rings. The number of carbonyl (C=O) groups excluding carboxylic acids is 1. The minimum Gasteiger partial charge on any atom is -0.458 e. The van der Waals surface area contributed by atoms with Gasteiger partial charge in [-0.05, 0) is 68.5 Å². The standard InChI is InChI=1S/C23H30N2O2/c1-3-18-11-13-19(14-12-18)9-7-5-4-6-8-10-20-15-16-21(27-20)23-24-22(26)17-25(23)2/h8,10-16,23H,3-7,9,17H2,1-2H3,(H,24,26)/b10-8+. The van der Waals surface area contributed by atoms with Crippen LogP contribution in [0.2, 0.25) is 0 Å². The Bertz CT molecular complexity index is 761. The van der Waals surface area contributed by atoms with Crippen molar-refractivity contribution in [2.24, 2.45) is 0 Å². The van der Waals surface area contributed by atoms with Gasteiger partial charge in [-0.2, -0.15) is 0 Å². The minimum absolute atomic E-state index is 0.0392. The summed E-state index contributed by atoms with van der Waals surface area (Å²) in [5.41, 5.74) is 2.85. The van der Waals surface area contributed by atoms with Crippen LogP contribution in [0.4, 0.5) is 0 Å². The van der Waals surface area contributed by atoms with Crippen LogP contribution in [0.5, 0.6) is 0 Å². The monoisotopic (exact) mass is 366 g/mol. The molecule has 1 aromatic carbocycles. The number of allylic oxidation sites excluding steroid dienone is 1. The molecule has 4 nitrogen and oxygen atoms in total. The average Bonchev–Trinajstić information content (AvgIpc) is 3.27. The number of unbranched alkanes of at least 4 members (excludes halogenated alkanes) is 3. The van der Waals surface area contributed by atoms with Gasteiger partial charge in [-0.1, -0.05) is 43.7 Å². The molecular formula is C23H30N2O2. The van der Waals surface area contributed by atoms with Gasteiger partial charge in [0.25, 0.3) is 0 Å². The third-order valence-electron chi connectivity index (χ3n) is 5.10. The van der Waals surface area contributed by atoms with Crippen molar-refractivity contribution in [3.05, 3.63) is 65.1 Å². The minimum atomic E-state index is -0.147. The number of aryl methyl sites for hydroxylation is 2. The third kappa shape index (κ3) is 5.57. The molecule has 1 aliphatic heterocycles. The Morgan fingerprint density at radius 2 is 1.89 bits per heavy atom. The van der Waals surface area contributed by atoms with Gasteiger partial charge in [0, 0.05) is 0 Å². The van der Waals surface area contributed by atoms with Gasteiger partial charge in [0.2, 0.25) is 5.91 Å². The van der Waals surface area contributed by atoms with Crippen LogP contribution in [0.1, 0.15) is 61.4 Å². The summed E-state index contributed by atoms with van der Waals surface area (Å²) in [7, 11) is 1.92. The number of likely N-dealkylation sites (N-methyl/N-ethyl adjacent to an activating group) is 1. The second kappa shape index (κ2) is 9.56. The molecule has 1 N–H and O–H groups in total. The molecule has 1 aliphatic rings. The molecule has 0 aliphatic carbocycles. The lowest BCUT2D eigenvalue weighted by molar-refractivity contribution is -0.118. The second-order valence-electron chi connectivity index (χ2n) is 7.30. The quantitative estimate of drug-likeness (QED) is 0.653. The predicted molar refractivity (Wildman–Crippen MR) is 109 cm³/mol. The van der Waals surface area contributed by atoms with Gasteiger partial charge < -0.3 is 9.73 Å². The first-order chi connectivity index (χ1) is 13.2. The van der Waals surface area contributed by atoms with Crippen molar-refractivity contribution in [2.45, 2.75) is 51.6 Å². The number of nitrogens with one attached hydrogen (secondary N) is 1. The van der Waals surface area contributed by atoms with E-state index in [1.54, 1.807) is 0 Å². The number of nitrogens with zero attached hydrogens (tertiary/aromatic N) is 1. The summed E-state index contributed by atoms with van der Waals surface area (Å²) in [6, 6.07) is 12.9. The van der Waals surface area contributed by atoms with Crippen molar-refractivity contribution >= 4 is 12.0 Å². The average molecular weight is 367 g/mol. The summed E-state index contributed by atoms with van der Waals surface area (Å²) in [6.07, 6.45) is 11.1. The van der Waals surface area contributed by atoms with Gasteiger partial charge in [-0.3, -0.25) is 9.69 Å². The van der Waals surface area contributed by atoms with Crippen molar-refractivity contribution in [2.75, 3.05) is 13.6 Å². The van der Waals surface area contributed by atoms with E-state index in [0.717, 1.165) is 30.8 Å². The number of hydrogen-bond donors (Lipinski definition) is 1. The fourth-order valence-electron chi connectivity index (χ4n) is 3.43. The third-order valence-corrected chi connectivity index (χ3v) is 5.10. The van der Waals surface area contributed by atoms with Gasteiger partial charge in [-0.25, -0.2) is 0 Å². The number of rotatable bonds is 9. The zero-order chi connectivity index (χ0) is 19.1. The maximum atomic E-state index is 11.5. The summed E-state index contributed by atoms with van der Waals surface area (Å²) in [5.74, 6) is 1.67. The van der Waals surface area contributed by atoms with Crippen molar-refractivity contribution < 1.29 is 9.21 Å². The normalized spacial score (nSPS) is 17.7. The first-order valence-corrected chi connectivity index (χ1v) is 9.99. The number of amides is 1. The van der Waals surface area contributed by atoms with Crippen LogP contribution in [-0.4, -0.2) is 24.4 Å². The molecular weight excluding hydrogens is 336 g/mol. The Labute approximate surface area is 162 Å². The molecule has 2 heterocycles. The highest BCUT2D eigenvalue weighted by molar-refractivity contribution is 5.80. The van der Waals surface area contributed by atoms with E-state index in [0.29, 0.717) is 6.54 Å². The largest absolute Gasteiger partial charge is 0.458 e. The predicted octanol–water partition coefficient (Wildman–Crippen LogP) is 4.72. The molecule has 144 valence electrons. The molecule has 1 amide bonds. The van der Waals surface area contributed by atoms with E-state index in [4.69, 9.17) is 4.42 Å². The topological polar surface area (TPSA) is 45.5 Å². The van der Waals surface area contributed by atoms with Crippen LogP contribution in [0, 0.1) is 0 Å². The Hall–Kier alpha value is -2.33. The Morgan fingerprint density at radius 1 is 1.11 bits per heavy atom. The summed E-state index contributed by atoms with van der Waals surface area (Å²) in [4.78, 5) is 13.4. The van der Waals surface area contributed by atoms with Gasteiger partial charge in [-0.15, -0.1) is 0 Å². The molecule has 0 bridgehead atoms. The lowest BCUT2D eigenvalue weighted by atomic mass is 10.0.